The van der Waals surface area contributed by atoms with Gasteiger partial charge in [0, 0.05) is 5.56 Å². The van der Waals surface area contributed by atoms with Crippen LogP contribution in [0.3, 0.4) is 0 Å². The summed E-state index contributed by atoms with van der Waals surface area (Å²) < 4.78 is 18.2. The normalized spacial score (nSPS) is 10.2. The second-order valence-electron chi connectivity index (χ2n) is 3.99. The zero-order chi connectivity index (χ0) is 14.5. The van der Waals surface area contributed by atoms with Crippen LogP contribution >= 0.6 is 31.9 Å². The molecule has 20 heavy (non-hydrogen) atoms. The largest absolute Gasteiger partial charge is 0.493 e. The van der Waals surface area contributed by atoms with Gasteiger partial charge >= 0.3 is 0 Å². The number of methoxy groups -OCH3 is 2. The number of benzene rings is 2. The first-order chi connectivity index (χ1) is 9.67. The maximum absolute atomic E-state index is 5.80. The van der Waals surface area contributed by atoms with Gasteiger partial charge in [-0.1, -0.05) is 18.2 Å². The number of para-hydroxylation sites is 1. The molecule has 5 heteroatoms. The molecule has 2 aromatic rings. The van der Waals surface area contributed by atoms with Crippen LogP contribution in [0.5, 0.6) is 17.2 Å². The Morgan fingerprint density at radius 3 is 2.30 bits per heavy atom. The van der Waals surface area contributed by atoms with Crippen molar-refractivity contribution in [1.82, 2.24) is 0 Å². The molecule has 0 bridgehead atoms. The van der Waals surface area contributed by atoms with E-state index in [1.165, 1.54) is 0 Å². The summed E-state index contributed by atoms with van der Waals surface area (Å²) in [5.41, 5.74) is 0.985. The highest BCUT2D eigenvalue weighted by molar-refractivity contribution is 9.11. The maximum atomic E-state index is 5.80. The Balaban J connectivity index is 2.20. The van der Waals surface area contributed by atoms with Crippen molar-refractivity contribution in [3.63, 3.8) is 0 Å². The zero-order valence-corrected chi connectivity index (χ0v) is 14.3. The summed E-state index contributed by atoms with van der Waals surface area (Å²) in [6, 6.07) is 11.6. The molecule has 0 N–H and O–H groups in total. The first kappa shape index (κ1) is 15.2. The minimum Gasteiger partial charge on any atom is -0.493 e. The summed E-state index contributed by atoms with van der Waals surface area (Å²) in [7, 11) is 3.22. The maximum Gasteiger partial charge on any atom is 0.175 e. The Labute approximate surface area is 135 Å². The molecule has 106 valence electrons. The Bertz CT molecular complexity index is 600. The van der Waals surface area contributed by atoms with E-state index in [4.69, 9.17) is 14.2 Å². The molecule has 0 atom stereocenters. The Kier molecular flexibility index (Phi) is 5.31. The molecule has 0 aromatic heterocycles. The van der Waals surface area contributed by atoms with Crippen molar-refractivity contribution in [2.45, 2.75) is 6.61 Å². The van der Waals surface area contributed by atoms with Crippen LogP contribution < -0.4 is 14.2 Å². The number of ether oxygens (including phenoxy) is 3. The van der Waals surface area contributed by atoms with Crippen LogP contribution in [0.1, 0.15) is 5.56 Å². The molecule has 2 rings (SSSR count). The molecule has 0 aliphatic heterocycles. The molecule has 0 aliphatic carbocycles. The van der Waals surface area contributed by atoms with Gasteiger partial charge in [0.2, 0.25) is 0 Å². The summed E-state index contributed by atoms with van der Waals surface area (Å²) >= 11 is 6.99. The van der Waals surface area contributed by atoms with Crippen LogP contribution in [0.25, 0.3) is 0 Å². The van der Waals surface area contributed by atoms with E-state index < -0.39 is 0 Å². The molecule has 0 saturated carbocycles. The van der Waals surface area contributed by atoms with E-state index in [1.807, 2.05) is 36.4 Å². The van der Waals surface area contributed by atoms with E-state index in [2.05, 4.69) is 31.9 Å². The van der Waals surface area contributed by atoms with Gasteiger partial charge in [-0.25, -0.2) is 0 Å². The van der Waals surface area contributed by atoms with E-state index in [0.29, 0.717) is 18.1 Å². The number of hydrogen-bond acceptors (Lipinski definition) is 3. The summed E-state index contributed by atoms with van der Waals surface area (Å²) in [6.45, 7) is 0.434. The molecule has 0 unspecified atom stereocenters. The average Bonchev–Trinajstić information content (AvgIpc) is 2.47. The van der Waals surface area contributed by atoms with Gasteiger partial charge in [-0.3, -0.25) is 0 Å². The number of rotatable bonds is 5. The van der Waals surface area contributed by atoms with Crippen LogP contribution in [0.4, 0.5) is 0 Å². The van der Waals surface area contributed by atoms with Gasteiger partial charge in [-0.15, -0.1) is 0 Å². The molecule has 0 fully saturated rings. The average molecular weight is 402 g/mol. The first-order valence-corrected chi connectivity index (χ1v) is 7.52. The van der Waals surface area contributed by atoms with Gasteiger partial charge in [0.15, 0.2) is 11.5 Å². The van der Waals surface area contributed by atoms with Gasteiger partial charge in [-0.05, 0) is 50.1 Å². The summed E-state index contributed by atoms with van der Waals surface area (Å²) in [4.78, 5) is 0. The van der Waals surface area contributed by atoms with Crippen molar-refractivity contribution < 1.29 is 14.2 Å². The standard InChI is InChI=1S/C15H14Br2O3/c1-18-13-8-7-10(14(17)15(13)19-2)9-20-12-6-4-3-5-11(12)16/h3-8H,9H2,1-2H3. The van der Waals surface area contributed by atoms with Gasteiger partial charge in [0.05, 0.1) is 23.2 Å². The monoisotopic (exact) mass is 400 g/mol. The quantitative estimate of drug-likeness (QED) is 0.719. The first-order valence-electron chi connectivity index (χ1n) is 5.94. The van der Waals surface area contributed by atoms with Crippen molar-refractivity contribution in [3.05, 3.63) is 50.9 Å². The molecule has 0 saturated heterocycles. The van der Waals surface area contributed by atoms with Gasteiger partial charge in [0.1, 0.15) is 12.4 Å². The molecule has 0 spiro atoms. The van der Waals surface area contributed by atoms with Crippen LogP contribution in [0.15, 0.2) is 45.3 Å². The van der Waals surface area contributed by atoms with Gasteiger partial charge < -0.3 is 14.2 Å². The zero-order valence-electron chi connectivity index (χ0n) is 11.2. The molecule has 0 radical (unpaired) electrons. The highest BCUT2D eigenvalue weighted by atomic mass is 79.9. The molecule has 0 heterocycles. The van der Waals surface area contributed by atoms with E-state index >= 15 is 0 Å². The lowest BCUT2D eigenvalue weighted by Crippen LogP contribution is -2.00. The third kappa shape index (κ3) is 3.27. The van der Waals surface area contributed by atoms with Gasteiger partial charge in [-0.2, -0.15) is 0 Å². The fourth-order valence-electron chi connectivity index (χ4n) is 1.76. The summed E-state index contributed by atoms with van der Waals surface area (Å²) in [6.07, 6.45) is 0. The van der Waals surface area contributed by atoms with E-state index in [9.17, 15) is 0 Å². The predicted octanol–water partition coefficient (Wildman–Crippen LogP) is 4.81. The minimum atomic E-state index is 0.434. The van der Waals surface area contributed by atoms with Crippen molar-refractivity contribution in [3.8, 4) is 17.2 Å². The van der Waals surface area contributed by atoms with Gasteiger partial charge in [0.25, 0.3) is 0 Å². The fraction of sp³-hybridized carbons (Fsp3) is 0.200. The highest BCUT2D eigenvalue weighted by Crippen LogP contribution is 2.38. The Hall–Kier alpha value is -1.20. The SMILES string of the molecule is COc1ccc(COc2ccccc2Br)c(Br)c1OC. The minimum absolute atomic E-state index is 0.434. The fourth-order valence-corrected chi connectivity index (χ4v) is 2.76. The Morgan fingerprint density at radius 1 is 0.900 bits per heavy atom. The lowest BCUT2D eigenvalue weighted by Gasteiger charge is -2.14. The molecule has 3 nitrogen and oxygen atoms in total. The Morgan fingerprint density at radius 2 is 1.65 bits per heavy atom. The second kappa shape index (κ2) is 6.99. The summed E-state index contributed by atoms with van der Waals surface area (Å²) in [5.74, 6) is 2.15. The van der Waals surface area contributed by atoms with E-state index in [-0.39, 0.29) is 0 Å². The predicted molar refractivity (Wildman–Crippen MR) is 85.7 cm³/mol. The van der Waals surface area contributed by atoms with Crippen LogP contribution in [-0.4, -0.2) is 14.2 Å². The molecule has 0 aliphatic rings. The molecular weight excluding hydrogens is 388 g/mol. The van der Waals surface area contributed by atoms with Crippen LogP contribution in [0.2, 0.25) is 0 Å². The van der Waals surface area contributed by atoms with Crippen molar-refractivity contribution in [1.29, 1.82) is 0 Å². The highest BCUT2D eigenvalue weighted by Gasteiger charge is 2.13. The van der Waals surface area contributed by atoms with Crippen LogP contribution in [-0.2, 0) is 6.61 Å². The van der Waals surface area contributed by atoms with E-state index in [0.717, 1.165) is 20.3 Å². The number of halogens is 2. The molecular formula is C15H14Br2O3. The topological polar surface area (TPSA) is 27.7 Å². The smallest absolute Gasteiger partial charge is 0.175 e. The van der Waals surface area contributed by atoms with Crippen molar-refractivity contribution in [2.24, 2.45) is 0 Å². The third-order valence-corrected chi connectivity index (χ3v) is 4.31. The summed E-state index contributed by atoms with van der Waals surface area (Å²) in [5, 5.41) is 0. The lowest BCUT2D eigenvalue weighted by molar-refractivity contribution is 0.300. The third-order valence-electron chi connectivity index (χ3n) is 2.78. The number of hydrogen-bond donors (Lipinski definition) is 0. The lowest BCUT2D eigenvalue weighted by atomic mass is 10.2. The van der Waals surface area contributed by atoms with Crippen molar-refractivity contribution >= 4 is 31.9 Å². The van der Waals surface area contributed by atoms with E-state index in [1.54, 1.807) is 14.2 Å². The molecule has 2 aromatic carbocycles. The second-order valence-corrected chi connectivity index (χ2v) is 5.64. The van der Waals surface area contributed by atoms with Crippen LogP contribution in [0, 0.1) is 0 Å². The van der Waals surface area contributed by atoms with Crippen molar-refractivity contribution in [2.75, 3.05) is 14.2 Å². The molecule has 0 amide bonds.